The molecule has 3 heterocycles. The van der Waals surface area contributed by atoms with Gasteiger partial charge in [0.05, 0.1) is 55.1 Å². The molecule has 10 heteroatoms. The largest absolute Gasteiger partial charge is 0.493 e. The number of nitrogens with zero attached hydrogens (tertiary/aromatic N) is 4. The highest BCUT2D eigenvalue weighted by atomic mass is 32.1. The predicted molar refractivity (Wildman–Crippen MR) is 133 cm³/mol. The van der Waals surface area contributed by atoms with Crippen LogP contribution in [0.15, 0.2) is 41.9 Å². The Labute approximate surface area is 206 Å². The van der Waals surface area contributed by atoms with Gasteiger partial charge < -0.3 is 19.5 Å². The van der Waals surface area contributed by atoms with Gasteiger partial charge in [-0.2, -0.15) is 10.4 Å². The minimum Gasteiger partial charge on any atom is -0.493 e. The zero-order valence-electron chi connectivity index (χ0n) is 20.0. The lowest BCUT2D eigenvalue weighted by Crippen LogP contribution is -2.28. The molecule has 35 heavy (non-hydrogen) atoms. The molecule has 0 aliphatic heterocycles. The molecule has 3 aromatic heterocycles. The summed E-state index contributed by atoms with van der Waals surface area (Å²) in [7, 11) is 4.49. The normalized spacial score (nSPS) is 11.8. The minimum atomic E-state index is -0.968. The van der Waals surface area contributed by atoms with E-state index in [1.165, 1.54) is 32.7 Å². The summed E-state index contributed by atoms with van der Waals surface area (Å²) in [5.41, 5.74) is 2.16. The number of carbonyl (C=O) groups excluding carboxylic acids is 1. The fourth-order valence-electron chi connectivity index (χ4n) is 3.80. The van der Waals surface area contributed by atoms with Crippen LogP contribution in [0.3, 0.4) is 0 Å². The lowest BCUT2D eigenvalue weighted by atomic mass is 10.0. The fourth-order valence-corrected chi connectivity index (χ4v) is 4.49. The summed E-state index contributed by atoms with van der Waals surface area (Å²) >= 11 is 1.53. The number of hydrogen-bond donors (Lipinski definition) is 1. The summed E-state index contributed by atoms with van der Waals surface area (Å²) in [5.74, 6) is 0.764. The van der Waals surface area contributed by atoms with Crippen molar-refractivity contribution in [1.82, 2.24) is 20.1 Å². The second kappa shape index (κ2) is 10.0. The van der Waals surface area contributed by atoms with Crippen LogP contribution in [0.4, 0.5) is 0 Å². The number of carbonyl (C=O) groups is 1. The van der Waals surface area contributed by atoms with Gasteiger partial charge in [-0.05, 0) is 49.1 Å². The number of nitriles is 1. The molecule has 0 saturated heterocycles. The van der Waals surface area contributed by atoms with E-state index in [1.807, 2.05) is 31.4 Å². The lowest BCUT2D eigenvalue weighted by Gasteiger charge is -2.18. The first-order valence-corrected chi connectivity index (χ1v) is 11.7. The SMILES string of the molecule is COc1cc(C(C#N)NC(=O)c2cc(-c3cccs3)nc3c2cnn3C(C)C)cc(OC)c1OC. The van der Waals surface area contributed by atoms with E-state index in [1.54, 1.807) is 29.1 Å². The second-order valence-electron chi connectivity index (χ2n) is 7.95. The van der Waals surface area contributed by atoms with E-state index < -0.39 is 11.9 Å². The van der Waals surface area contributed by atoms with Crippen LogP contribution >= 0.6 is 11.3 Å². The third-order valence-electron chi connectivity index (χ3n) is 5.50. The molecule has 1 N–H and O–H groups in total. The third-order valence-corrected chi connectivity index (χ3v) is 6.39. The van der Waals surface area contributed by atoms with E-state index in [4.69, 9.17) is 19.2 Å². The van der Waals surface area contributed by atoms with Crippen molar-refractivity contribution < 1.29 is 19.0 Å². The summed E-state index contributed by atoms with van der Waals surface area (Å²) in [5, 5.41) is 19.8. The van der Waals surface area contributed by atoms with Gasteiger partial charge in [0, 0.05) is 6.04 Å². The molecule has 0 aliphatic rings. The van der Waals surface area contributed by atoms with Crippen LogP contribution in [0.5, 0.6) is 17.2 Å². The maximum Gasteiger partial charge on any atom is 0.253 e. The zero-order chi connectivity index (χ0) is 25.1. The summed E-state index contributed by atoms with van der Waals surface area (Å²) in [6.07, 6.45) is 1.64. The lowest BCUT2D eigenvalue weighted by molar-refractivity contribution is 0.0946. The van der Waals surface area contributed by atoms with Gasteiger partial charge >= 0.3 is 0 Å². The van der Waals surface area contributed by atoms with Crippen molar-refractivity contribution in [3.05, 3.63) is 53.0 Å². The van der Waals surface area contributed by atoms with Crippen LogP contribution in [0.25, 0.3) is 21.6 Å². The molecule has 4 rings (SSSR count). The fraction of sp³-hybridized carbons (Fsp3) is 0.280. The van der Waals surface area contributed by atoms with Crippen LogP contribution in [0.2, 0.25) is 0 Å². The van der Waals surface area contributed by atoms with E-state index in [0.29, 0.717) is 45.1 Å². The Bertz CT molecular complexity index is 1380. The number of pyridine rings is 1. The highest BCUT2D eigenvalue weighted by Crippen LogP contribution is 2.39. The van der Waals surface area contributed by atoms with Crippen LogP contribution in [-0.2, 0) is 0 Å². The Morgan fingerprint density at radius 3 is 2.40 bits per heavy atom. The molecule has 180 valence electrons. The molecular weight excluding hydrogens is 466 g/mol. The molecule has 0 spiro atoms. The molecule has 1 atom stereocenters. The van der Waals surface area contributed by atoms with Crippen molar-refractivity contribution in [3.63, 3.8) is 0 Å². The Hall–Kier alpha value is -4.10. The zero-order valence-corrected chi connectivity index (χ0v) is 20.8. The van der Waals surface area contributed by atoms with E-state index in [2.05, 4.69) is 16.5 Å². The number of benzene rings is 1. The Balaban J connectivity index is 1.77. The van der Waals surface area contributed by atoms with Crippen LogP contribution in [-0.4, -0.2) is 42.0 Å². The maximum absolute atomic E-state index is 13.5. The van der Waals surface area contributed by atoms with Crippen LogP contribution < -0.4 is 19.5 Å². The van der Waals surface area contributed by atoms with Crippen molar-refractivity contribution >= 4 is 28.3 Å². The first kappa shape index (κ1) is 24.0. The molecule has 0 radical (unpaired) electrons. The molecular formula is C25H25N5O4S. The van der Waals surface area contributed by atoms with Crippen LogP contribution in [0, 0.1) is 11.3 Å². The Morgan fingerprint density at radius 1 is 1.14 bits per heavy atom. The summed E-state index contributed by atoms with van der Waals surface area (Å²) in [4.78, 5) is 19.2. The van der Waals surface area contributed by atoms with Crippen molar-refractivity contribution in [2.24, 2.45) is 0 Å². The van der Waals surface area contributed by atoms with Gasteiger partial charge in [0.15, 0.2) is 17.1 Å². The molecule has 4 aromatic rings. The summed E-state index contributed by atoms with van der Waals surface area (Å²) in [6.45, 7) is 4.00. The highest BCUT2D eigenvalue weighted by Gasteiger charge is 2.24. The first-order valence-electron chi connectivity index (χ1n) is 10.8. The van der Waals surface area contributed by atoms with Gasteiger partial charge in [0.1, 0.15) is 6.04 Å². The van der Waals surface area contributed by atoms with E-state index in [-0.39, 0.29) is 6.04 Å². The quantitative estimate of drug-likeness (QED) is 0.378. The average Bonchev–Trinajstić information content (AvgIpc) is 3.55. The number of nitrogens with one attached hydrogen (secondary N) is 1. The molecule has 0 fully saturated rings. The van der Waals surface area contributed by atoms with Gasteiger partial charge in [-0.15, -0.1) is 11.3 Å². The smallest absolute Gasteiger partial charge is 0.253 e. The molecule has 0 bridgehead atoms. The van der Waals surface area contributed by atoms with Gasteiger partial charge in [-0.3, -0.25) is 4.79 Å². The summed E-state index contributed by atoms with van der Waals surface area (Å²) in [6, 6.07) is 10.1. The number of rotatable bonds is 8. The second-order valence-corrected chi connectivity index (χ2v) is 8.89. The standard InChI is InChI=1S/C25H25N5O4S/c1-14(2)30-24-17(13-27-30)16(11-18(28-24)22-7-6-8-35-22)25(31)29-19(12-26)15-9-20(32-3)23(34-5)21(10-15)33-4/h6-11,13-14,19H,1-5H3,(H,29,31). The number of fused-ring (bicyclic) bond motifs is 1. The van der Waals surface area contributed by atoms with Crippen molar-refractivity contribution in [2.45, 2.75) is 25.9 Å². The number of ether oxygens (including phenoxy) is 3. The van der Waals surface area contributed by atoms with Crippen molar-refractivity contribution in [3.8, 4) is 33.9 Å². The number of thiophene rings is 1. The van der Waals surface area contributed by atoms with Crippen LogP contribution in [0.1, 0.15) is 41.9 Å². The molecule has 1 unspecified atom stereocenters. The molecule has 1 amide bonds. The maximum atomic E-state index is 13.5. The van der Waals surface area contributed by atoms with E-state index >= 15 is 0 Å². The molecule has 9 nitrogen and oxygen atoms in total. The van der Waals surface area contributed by atoms with E-state index in [0.717, 1.165) is 4.88 Å². The highest BCUT2D eigenvalue weighted by molar-refractivity contribution is 7.13. The summed E-state index contributed by atoms with van der Waals surface area (Å²) < 4.78 is 17.9. The number of amides is 1. The monoisotopic (exact) mass is 491 g/mol. The molecule has 1 aromatic carbocycles. The first-order chi connectivity index (χ1) is 16.9. The Morgan fingerprint density at radius 2 is 1.86 bits per heavy atom. The Kier molecular flexibility index (Phi) is 6.89. The average molecular weight is 492 g/mol. The van der Waals surface area contributed by atoms with Crippen molar-refractivity contribution in [1.29, 1.82) is 5.26 Å². The molecule has 0 aliphatic carbocycles. The third kappa shape index (κ3) is 4.50. The minimum absolute atomic E-state index is 0.0561. The topological polar surface area (TPSA) is 111 Å². The van der Waals surface area contributed by atoms with Gasteiger partial charge in [-0.25, -0.2) is 9.67 Å². The predicted octanol–water partition coefficient (Wildman–Crippen LogP) is 4.76. The molecule has 0 saturated carbocycles. The number of aromatic nitrogens is 3. The van der Waals surface area contributed by atoms with Gasteiger partial charge in [0.2, 0.25) is 5.75 Å². The van der Waals surface area contributed by atoms with Crippen molar-refractivity contribution in [2.75, 3.05) is 21.3 Å². The van der Waals surface area contributed by atoms with Gasteiger partial charge in [0.25, 0.3) is 5.91 Å². The number of hydrogen-bond acceptors (Lipinski definition) is 8. The van der Waals surface area contributed by atoms with E-state index in [9.17, 15) is 10.1 Å². The van der Waals surface area contributed by atoms with Gasteiger partial charge in [-0.1, -0.05) is 6.07 Å². The number of methoxy groups -OCH3 is 3.